The van der Waals surface area contributed by atoms with Gasteiger partial charge in [-0.15, -0.1) is 0 Å². The fourth-order valence-corrected chi connectivity index (χ4v) is 2.69. The second-order valence-corrected chi connectivity index (χ2v) is 5.45. The Kier molecular flexibility index (Phi) is 4.04. The minimum absolute atomic E-state index is 0.139. The molecule has 0 unspecified atom stereocenters. The fraction of sp³-hybridized carbons (Fsp3) is 0.467. The van der Waals surface area contributed by atoms with Gasteiger partial charge in [-0.05, 0) is 24.5 Å². The van der Waals surface area contributed by atoms with Crippen LogP contribution in [0.1, 0.15) is 37.0 Å². The van der Waals surface area contributed by atoms with E-state index in [2.05, 4.69) is 22.0 Å². The van der Waals surface area contributed by atoms with E-state index in [-0.39, 0.29) is 10.6 Å². The molecule has 1 aromatic carbocycles. The van der Waals surface area contributed by atoms with Crippen LogP contribution in [-0.4, -0.2) is 21.6 Å². The second-order valence-electron chi connectivity index (χ2n) is 5.45. The lowest BCUT2D eigenvalue weighted by molar-refractivity contribution is -0.384. The number of nitrogens with zero attached hydrogens (tertiary/aromatic N) is 4. The van der Waals surface area contributed by atoms with Crippen LogP contribution in [0.15, 0.2) is 22.7 Å². The van der Waals surface area contributed by atoms with Gasteiger partial charge in [-0.1, -0.05) is 18.5 Å². The van der Waals surface area contributed by atoms with Crippen LogP contribution < -0.4 is 4.90 Å². The largest absolute Gasteiger partial charge is 0.362 e. The van der Waals surface area contributed by atoms with Crippen molar-refractivity contribution in [3.05, 3.63) is 45.6 Å². The highest BCUT2D eigenvalue weighted by molar-refractivity contribution is 5.61. The molecule has 0 aliphatic carbocycles. The molecule has 0 atom stereocenters. The highest BCUT2D eigenvalue weighted by atomic mass is 16.6. The molecule has 116 valence electrons. The number of hydrogen-bond acceptors (Lipinski definition) is 6. The lowest BCUT2D eigenvalue weighted by Crippen LogP contribution is -2.19. The topological polar surface area (TPSA) is 85.3 Å². The van der Waals surface area contributed by atoms with Crippen molar-refractivity contribution in [1.82, 2.24) is 10.1 Å². The van der Waals surface area contributed by atoms with Crippen molar-refractivity contribution in [2.45, 2.75) is 39.2 Å². The third kappa shape index (κ3) is 2.93. The van der Waals surface area contributed by atoms with E-state index in [4.69, 9.17) is 4.52 Å². The molecule has 0 radical (unpaired) electrons. The van der Waals surface area contributed by atoms with Crippen LogP contribution >= 0.6 is 0 Å². The summed E-state index contributed by atoms with van der Waals surface area (Å²) in [6.45, 7) is 3.48. The third-order valence-electron chi connectivity index (χ3n) is 3.86. The highest BCUT2D eigenvalue weighted by Crippen LogP contribution is 2.32. The number of hydrogen-bond donors (Lipinski definition) is 0. The van der Waals surface area contributed by atoms with Crippen LogP contribution in [0.25, 0.3) is 0 Å². The molecule has 1 aliphatic rings. The smallest absolute Gasteiger partial charge is 0.269 e. The highest BCUT2D eigenvalue weighted by Gasteiger charge is 2.23. The predicted octanol–water partition coefficient (Wildman–Crippen LogP) is 2.88. The Morgan fingerprint density at radius 2 is 2.32 bits per heavy atom. The van der Waals surface area contributed by atoms with Gasteiger partial charge in [0.1, 0.15) is 0 Å². The molecule has 7 heteroatoms. The lowest BCUT2D eigenvalue weighted by atomic mass is 10.1. The quantitative estimate of drug-likeness (QED) is 0.602. The molecule has 22 heavy (non-hydrogen) atoms. The van der Waals surface area contributed by atoms with E-state index in [1.54, 1.807) is 12.1 Å². The van der Waals surface area contributed by atoms with Crippen molar-refractivity contribution in [1.29, 1.82) is 0 Å². The summed E-state index contributed by atoms with van der Waals surface area (Å²) in [6.07, 6.45) is 3.79. The average Bonchev–Trinajstić information content (AvgIpc) is 3.12. The minimum Gasteiger partial charge on any atom is -0.362 e. The zero-order valence-electron chi connectivity index (χ0n) is 12.5. The maximum absolute atomic E-state index is 10.8. The second kappa shape index (κ2) is 6.13. The van der Waals surface area contributed by atoms with E-state index in [0.29, 0.717) is 12.4 Å². The van der Waals surface area contributed by atoms with Crippen LogP contribution in [0.2, 0.25) is 0 Å². The van der Waals surface area contributed by atoms with Crippen molar-refractivity contribution < 1.29 is 9.45 Å². The maximum atomic E-state index is 10.8. The van der Waals surface area contributed by atoms with Gasteiger partial charge in [-0.3, -0.25) is 10.1 Å². The van der Waals surface area contributed by atoms with Crippen LogP contribution in [0.4, 0.5) is 11.4 Å². The number of fused-ring (bicyclic) bond motifs is 1. The number of benzene rings is 1. The monoisotopic (exact) mass is 302 g/mol. The number of nitro groups is 1. The third-order valence-corrected chi connectivity index (χ3v) is 3.86. The number of anilines is 1. The van der Waals surface area contributed by atoms with Crippen molar-refractivity contribution in [3.63, 3.8) is 0 Å². The molecule has 2 aromatic rings. The van der Waals surface area contributed by atoms with Crippen LogP contribution in [0.5, 0.6) is 0 Å². The van der Waals surface area contributed by atoms with E-state index in [1.165, 1.54) is 6.07 Å². The molecule has 0 bridgehead atoms. The Balaban J connectivity index is 1.71. The number of aromatic nitrogens is 2. The summed E-state index contributed by atoms with van der Waals surface area (Å²) in [4.78, 5) is 17.0. The fourth-order valence-electron chi connectivity index (χ4n) is 2.69. The van der Waals surface area contributed by atoms with Gasteiger partial charge in [0.2, 0.25) is 5.89 Å². The zero-order chi connectivity index (χ0) is 15.5. The van der Waals surface area contributed by atoms with Crippen molar-refractivity contribution in [2.24, 2.45) is 0 Å². The first-order chi connectivity index (χ1) is 10.7. The summed E-state index contributed by atoms with van der Waals surface area (Å²) < 4.78 is 5.29. The molecule has 0 N–H and O–H groups in total. The van der Waals surface area contributed by atoms with Gasteiger partial charge >= 0.3 is 0 Å². The van der Waals surface area contributed by atoms with Crippen molar-refractivity contribution in [2.75, 3.05) is 11.4 Å². The number of non-ortho nitro benzene ring substituents is 1. The summed E-state index contributed by atoms with van der Waals surface area (Å²) in [5, 5.41) is 14.8. The summed E-state index contributed by atoms with van der Waals surface area (Å²) in [7, 11) is 0. The van der Waals surface area contributed by atoms with Gasteiger partial charge in [0.05, 0.1) is 11.5 Å². The lowest BCUT2D eigenvalue weighted by Gasteiger charge is -2.16. The first-order valence-corrected chi connectivity index (χ1v) is 7.51. The standard InChI is InChI=1S/C15H18N4O3/c1-2-3-4-14-16-15(22-17-14)10-18-8-7-11-9-12(19(20)21)5-6-13(11)18/h5-6,9H,2-4,7-8,10H2,1H3. The van der Waals surface area contributed by atoms with E-state index >= 15 is 0 Å². The van der Waals surface area contributed by atoms with E-state index < -0.39 is 0 Å². The number of rotatable bonds is 6. The van der Waals surface area contributed by atoms with Gasteiger partial charge in [0.15, 0.2) is 5.82 Å². The molecular formula is C15H18N4O3. The number of unbranched alkanes of at least 4 members (excludes halogenated alkanes) is 1. The van der Waals surface area contributed by atoms with Crippen molar-refractivity contribution >= 4 is 11.4 Å². The predicted molar refractivity (Wildman–Crippen MR) is 80.8 cm³/mol. The average molecular weight is 302 g/mol. The zero-order valence-corrected chi connectivity index (χ0v) is 12.5. The van der Waals surface area contributed by atoms with E-state index in [1.807, 2.05) is 0 Å². The summed E-state index contributed by atoms with van der Waals surface area (Å²) in [5.41, 5.74) is 2.15. The molecule has 0 saturated heterocycles. The van der Waals surface area contributed by atoms with E-state index in [0.717, 1.165) is 49.3 Å². The molecule has 2 heterocycles. The van der Waals surface area contributed by atoms with Gasteiger partial charge in [0, 0.05) is 30.8 Å². The number of nitro benzene ring substituents is 1. The molecule has 1 aromatic heterocycles. The Hall–Kier alpha value is -2.44. The first kappa shape index (κ1) is 14.5. The normalized spacial score (nSPS) is 13.4. The van der Waals surface area contributed by atoms with E-state index in [9.17, 15) is 10.1 Å². The Morgan fingerprint density at radius 3 is 3.09 bits per heavy atom. The number of aryl methyl sites for hydroxylation is 1. The molecule has 0 fully saturated rings. The van der Waals surface area contributed by atoms with Crippen LogP contribution in [-0.2, 0) is 19.4 Å². The molecule has 0 spiro atoms. The maximum Gasteiger partial charge on any atom is 0.269 e. The minimum atomic E-state index is -0.360. The first-order valence-electron chi connectivity index (χ1n) is 7.51. The van der Waals surface area contributed by atoms with Gasteiger partial charge in [-0.25, -0.2) is 0 Å². The SMILES string of the molecule is CCCCc1noc(CN2CCc3cc([N+](=O)[O-])ccc32)n1. The molecule has 3 rings (SSSR count). The Labute approximate surface area is 128 Å². The van der Waals surface area contributed by atoms with Gasteiger partial charge < -0.3 is 9.42 Å². The summed E-state index contributed by atoms with van der Waals surface area (Å²) in [5.74, 6) is 1.34. The molecular weight excluding hydrogens is 284 g/mol. The Bertz CT molecular complexity index is 683. The van der Waals surface area contributed by atoms with Gasteiger partial charge in [0.25, 0.3) is 5.69 Å². The molecule has 1 aliphatic heterocycles. The summed E-state index contributed by atoms with van der Waals surface area (Å²) >= 11 is 0. The molecule has 0 amide bonds. The summed E-state index contributed by atoms with van der Waals surface area (Å²) in [6, 6.07) is 4.99. The molecule has 7 nitrogen and oxygen atoms in total. The van der Waals surface area contributed by atoms with Crippen molar-refractivity contribution in [3.8, 4) is 0 Å². The molecule has 0 saturated carbocycles. The Morgan fingerprint density at radius 1 is 1.45 bits per heavy atom. The van der Waals surface area contributed by atoms with Crippen LogP contribution in [0.3, 0.4) is 0 Å². The van der Waals surface area contributed by atoms with Gasteiger partial charge in [-0.2, -0.15) is 4.98 Å². The van der Waals surface area contributed by atoms with Crippen LogP contribution in [0, 0.1) is 10.1 Å².